The van der Waals surface area contributed by atoms with Crippen LogP contribution < -0.4 is 15.4 Å². The zero-order valence-corrected chi connectivity index (χ0v) is 12.6. The van der Waals surface area contributed by atoms with Gasteiger partial charge < -0.3 is 15.4 Å². The van der Waals surface area contributed by atoms with Gasteiger partial charge in [0.15, 0.2) is 6.61 Å². The Balaban J connectivity index is 1.94. The highest BCUT2D eigenvalue weighted by Crippen LogP contribution is 2.18. The Morgan fingerprint density at radius 2 is 2.00 bits per heavy atom. The van der Waals surface area contributed by atoms with E-state index in [1.54, 1.807) is 19.2 Å². The molecule has 5 nitrogen and oxygen atoms in total. The normalized spacial score (nSPS) is 9.78. The first-order valence-electron chi connectivity index (χ1n) is 6.98. The number of halogens is 1. The number of anilines is 1. The van der Waals surface area contributed by atoms with E-state index in [2.05, 4.69) is 10.6 Å². The summed E-state index contributed by atoms with van der Waals surface area (Å²) < 4.78 is 18.4. The number of hydrogen-bond acceptors (Lipinski definition) is 4. The van der Waals surface area contributed by atoms with Crippen molar-refractivity contribution in [3.8, 4) is 11.8 Å². The van der Waals surface area contributed by atoms with Gasteiger partial charge >= 0.3 is 0 Å². The summed E-state index contributed by atoms with van der Waals surface area (Å²) in [5.74, 6) is -0.0438. The summed E-state index contributed by atoms with van der Waals surface area (Å²) in [6.07, 6.45) is 0. The maximum Gasteiger partial charge on any atom is 0.257 e. The van der Waals surface area contributed by atoms with Crippen LogP contribution in [0, 0.1) is 17.1 Å². The third kappa shape index (κ3) is 4.71. The average molecular weight is 313 g/mol. The van der Waals surface area contributed by atoms with Crippen molar-refractivity contribution in [3.63, 3.8) is 0 Å². The summed E-state index contributed by atoms with van der Waals surface area (Å²) in [5.41, 5.74) is 1.80. The van der Waals surface area contributed by atoms with Crippen molar-refractivity contribution in [1.29, 1.82) is 5.26 Å². The molecule has 0 aliphatic carbocycles. The maximum atomic E-state index is 13.1. The Labute approximate surface area is 133 Å². The van der Waals surface area contributed by atoms with Gasteiger partial charge in [0.2, 0.25) is 0 Å². The Bertz CT molecular complexity index is 724. The number of nitrogens with zero attached hydrogens (tertiary/aromatic N) is 1. The minimum absolute atomic E-state index is 0.0325. The van der Waals surface area contributed by atoms with Gasteiger partial charge in [-0.2, -0.15) is 5.26 Å². The SMILES string of the molecule is CNC(=O)COc1ccc(CNc2ccc(F)cc2C#N)cc1. The molecule has 0 saturated heterocycles. The van der Waals surface area contributed by atoms with E-state index in [1.807, 2.05) is 18.2 Å². The summed E-state index contributed by atoms with van der Waals surface area (Å²) in [6, 6.07) is 13.2. The Kier molecular flexibility index (Phi) is 5.53. The van der Waals surface area contributed by atoms with Crippen molar-refractivity contribution in [2.75, 3.05) is 19.0 Å². The van der Waals surface area contributed by atoms with E-state index < -0.39 is 5.82 Å². The molecule has 0 bridgehead atoms. The predicted octanol–water partition coefficient (Wildman–Crippen LogP) is 2.43. The summed E-state index contributed by atoms with van der Waals surface area (Å²) in [7, 11) is 1.55. The zero-order chi connectivity index (χ0) is 16.7. The fraction of sp³-hybridized carbons (Fsp3) is 0.176. The number of hydrogen-bond donors (Lipinski definition) is 2. The minimum Gasteiger partial charge on any atom is -0.484 e. The lowest BCUT2D eigenvalue weighted by Crippen LogP contribution is -2.24. The molecule has 1 amide bonds. The van der Waals surface area contributed by atoms with Gasteiger partial charge in [-0.15, -0.1) is 0 Å². The standard InChI is InChI=1S/C17H16FN3O2/c1-20-17(22)11-23-15-5-2-12(3-6-15)10-21-16-7-4-14(18)8-13(16)9-19/h2-8,21H,10-11H2,1H3,(H,20,22). The third-order valence-electron chi connectivity index (χ3n) is 3.16. The van der Waals surface area contributed by atoms with Crippen LogP contribution >= 0.6 is 0 Å². The molecule has 2 aromatic rings. The van der Waals surface area contributed by atoms with Crippen LogP contribution in [0.2, 0.25) is 0 Å². The summed E-state index contributed by atoms with van der Waals surface area (Å²) >= 11 is 0. The van der Waals surface area contributed by atoms with Gasteiger partial charge in [0.05, 0.1) is 11.3 Å². The number of rotatable bonds is 6. The average Bonchev–Trinajstić information content (AvgIpc) is 2.59. The molecule has 118 valence electrons. The highest BCUT2D eigenvalue weighted by atomic mass is 19.1. The van der Waals surface area contributed by atoms with E-state index in [0.717, 1.165) is 5.56 Å². The van der Waals surface area contributed by atoms with Crippen LogP contribution in [-0.2, 0) is 11.3 Å². The summed E-state index contributed by atoms with van der Waals surface area (Å²) in [6.45, 7) is 0.450. The van der Waals surface area contributed by atoms with Crippen molar-refractivity contribution in [2.24, 2.45) is 0 Å². The number of amides is 1. The van der Waals surface area contributed by atoms with Crippen molar-refractivity contribution >= 4 is 11.6 Å². The molecular weight excluding hydrogens is 297 g/mol. The molecule has 0 aromatic heterocycles. The number of nitriles is 1. The van der Waals surface area contributed by atoms with E-state index in [1.165, 1.54) is 18.2 Å². The van der Waals surface area contributed by atoms with E-state index in [0.29, 0.717) is 18.0 Å². The molecular formula is C17H16FN3O2. The van der Waals surface area contributed by atoms with Crippen LogP contribution in [0.4, 0.5) is 10.1 Å². The molecule has 0 heterocycles. The number of carbonyl (C=O) groups is 1. The van der Waals surface area contributed by atoms with E-state index in [4.69, 9.17) is 10.00 Å². The largest absolute Gasteiger partial charge is 0.484 e. The van der Waals surface area contributed by atoms with Gasteiger partial charge in [-0.25, -0.2) is 4.39 Å². The quantitative estimate of drug-likeness (QED) is 0.859. The second-order valence-electron chi connectivity index (χ2n) is 4.76. The molecule has 23 heavy (non-hydrogen) atoms. The van der Waals surface area contributed by atoms with Crippen molar-refractivity contribution < 1.29 is 13.9 Å². The van der Waals surface area contributed by atoms with E-state index in [-0.39, 0.29) is 18.1 Å². The molecule has 2 aromatic carbocycles. The first-order valence-corrected chi connectivity index (χ1v) is 6.98. The lowest BCUT2D eigenvalue weighted by Gasteiger charge is -2.09. The molecule has 0 unspecified atom stereocenters. The van der Waals surface area contributed by atoms with Crippen molar-refractivity contribution in [2.45, 2.75) is 6.54 Å². The molecule has 0 saturated carbocycles. The lowest BCUT2D eigenvalue weighted by atomic mass is 10.1. The molecule has 0 spiro atoms. The molecule has 2 rings (SSSR count). The van der Waals surface area contributed by atoms with Gasteiger partial charge in [-0.1, -0.05) is 12.1 Å². The van der Waals surface area contributed by atoms with Crippen LogP contribution in [0.3, 0.4) is 0 Å². The highest BCUT2D eigenvalue weighted by Gasteiger charge is 2.04. The predicted molar refractivity (Wildman–Crippen MR) is 84.4 cm³/mol. The second-order valence-corrected chi connectivity index (χ2v) is 4.76. The van der Waals surface area contributed by atoms with Crippen LogP contribution in [0.25, 0.3) is 0 Å². The number of carbonyl (C=O) groups excluding carboxylic acids is 1. The Hall–Kier alpha value is -3.07. The topological polar surface area (TPSA) is 74.2 Å². The smallest absolute Gasteiger partial charge is 0.257 e. The fourth-order valence-corrected chi connectivity index (χ4v) is 1.88. The second kappa shape index (κ2) is 7.80. The van der Waals surface area contributed by atoms with Crippen LogP contribution in [0.15, 0.2) is 42.5 Å². The third-order valence-corrected chi connectivity index (χ3v) is 3.16. The van der Waals surface area contributed by atoms with Crippen molar-refractivity contribution in [3.05, 3.63) is 59.4 Å². The van der Waals surface area contributed by atoms with Gasteiger partial charge in [0.25, 0.3) is 5.91 Å². The highest BCUT2D eigenvalue weighted by molar-refractivity contribution is 5.77. The Morgan fingerprint density at radius 1 is 1.26 bits per heavy atom. The molecule has 0 aliphatic rings. The first-order chi connectivity index (χ1) is 11.1. The van der Waals surface area contributed by atoms with Gasteiger partial charge in [0, 0.05) is 13.6 Å². The summed E-state index contributed by atoms with van der Waals surface area (Å²) in [4.78, 5) is 11.1. The number of ether oxygens (including phenoxy) is 1. The zero-order valence-electron chi connectivity index (χ0n) is 12.6. The number of nitrogens with one attached hydrogen (secondary N) is 2. The van der Waals surface area contributed by atoms with Crippen LogP contribution in [0.5, 0.6) is 5.75 Å². The van der Waals surface area contributed by atoms with Gasteiger partial charge in [-0.05, 0) is 35.9 Å². The first kappa shape index (κ1) is 16.3. The molecule has 2 N–H and O–H groups in total. The van der Waals surface area contributed by atoms with E-state index in [9.17, 15) is 9.18 Å². The molecule has 0 radical (unpaired) electrons. The number of likely N-dealkylation sites (N-methyl/N-ethyl adjacent to an activating group) is 1. The van der Waals surface area contributed by atoms with Crippen molar-refractivity contribution in [1.82, 2.24) is 5.32 Å². The molecule has 0 aliphatic heterocycles. The molecule has 0 atom stereocenters. The van der Waals surface area contributed by atoms with E-state index >= 15 is 0 Å². The maximum absolute atomic E-state index is 13.1. The van der Waals surface area contributed by atoms with Crippen LogP contribution in [0.1, 0.15) is 11.1 Å². The molecule has 6 heteroatoms. The van der Waals surface area contributed by atoms with Crippen LogP contribution in [-0.4, -0.2) is 19.6 Å². The molecule has 0 fully saturated rings. The van der Waals surface area contributed by atoms with Gasteiger partial charge in [-0.3, -0.25) is 4.79 Å². The monoisotopic (exact) mass is 313 g/mol. The number of benzene rings is 2. The Morgan fingerprint density at radius 3 is 2.65 bits per heavy atom. The van der Waals surface area contributed by atoms with Gasteiger partial charge in [0.1, 0.15) is 17.6 Å². The minimum atomic E-state index is -0.440. The summed E-state index contributed by atoms with van der Waals surface area (Å²) in [5, 5.41) is 14.6. The lowest BCUT2D eigenvalue weighted by molar-refractivity contribution is -0.122. The fourth-order valence-electron chi connectivity index (χ4n) is 1.88.